The van der Waals surface area contributed by atoms with Crippen molar-refractivity contribution in [2.45, 2.75) is 112 Å². The molecule has 1 aliphatic heterocycles. The first-order valence-electron chi connectivity index (χ1n) is 16.1. The molecule has 1 rings (SSSR count). The highest BCUT2D eigenvalue weighted by molar-refractivity contribution is 5.81. The molecule has 0 bridgehead atoms. The van der Waals surface area contributed by atoms with Crippen LogP contribution in [0.1, 0.15) is 87.5 Å². The van der Waals surface area contributed by atoms with E-state index in [1.165, 1.54) is 0 Å². The topological polar surface area (TPSA) is 102 Å². The van der Waals surface area contributed by atoms with Gasteiger partial charge in [-0.25, -0.2) is 0 Å². The number of rotatable bonds is 14. The molecule has 0 aromatic heterocycles. The predicted molar refractivity (Wildman–Crippen MR) is 169 cm³/mol. The van der Waals surface area contributed by atoms with Crippen LogP contribution in [0.4, 0.5) is 0 Å². The molecule has 0 aromatic carbocycles. The van der Waals surface area contributed by atoms with Gasteiger partial charge in [-0.3, -0.25) is 14.9 Å². The van der Waals surface area contributed by atoms with E-state index in [1.54, 1.807) is 14.2 Å². The Labute approximate surface area is 261 Å². The Kier molecular flexibility index (Phi) is 19.9. The van der Waals surface area contributed by atoms with Crippen molar-refractivity contribution in [3.8, 4) is 0 Å². The van der Waals surface area contributed by atoms with Gasteiger partial charge in [-0.05, 0) is 77.4 Å². The fourth-order valence-corrected chi connectivity index (χ4v) is 5.92. The Bertz CT molecular complexity index is 846. The van der Waals surface area contributed by atoms with Crippen molar-refractivity contribution in [3.63, 3.8) is 0 Å². The van der Waals surface area contributed by atoms with E-state index in [9.17, 15) is 9.59 Å². The number of carbonyl (C=O) groups is 2. The summed E-state index contributed by atoms with van der Waals surface area (Å²) in [5, 5.41) is 3.38. The molecule has 43 heavy (non-hydrogen) atoms. The van der Waals surface area contributed by atoms with E-state index < -0.39 is 12.0 Å². The molecule has 0 spiro atoms. The highest BCUT2D eigenvalue weighted by Gasteiger charge is 2.39. The standard InChI is InChI=1S/C34H61NO8/c1-11-29(39-10)16-14-13-15-17-41-33-27(7)32(42-22-40-12-2)25(5)18-24(4)31(36)19-23(3)30(35-21-38-9)20-26(6)43-34(37)28(33)8/h11,14,16,23-28,30,32-33,35H,12-13,15,17-22H2,1-10H3/b16-14-,29-11+/t23-,24+,25?,26?,27?,28?,30-,32-,33?/m0/s1. The summed E-state index contributed by atoms with van der Waals surface area (Å²) >= 11 is 0. The zero-order valence-electron chi connectivity index (χ0n) is 28.6. The summed E-state index contributed by atoms with van der Waals surface area (Å²) < 4.78 is 34.9. The molecule has 0 aliphatic carbocycles. The molecule has 1 N–H and O–H groups in total. The Morgan fingerprint density at radius 3 is 2.35 bits per heavy atom. The van der Waals surface area contributed by atoms with Gasteiger partial charge in [-0.2, -0.15) is 0 Å². The summed E-state index contributed by atoms with van der Waals surface area (Å²) in [4.78, 5) is 26.9. The largest absolute Gasteiger partial charge is 0.497 e. The number of esters is 1. The Balaban J connectivity index is 3.29. The fourth-order valence-electron chi connectivity index (χ4n) is 5.92. The van der Waals surface area contributed by atoms with Gasteiger partial charge in [0.25, 0.3) is 0 Å². The molecule has 9 nitrogen and oxygen atoms in total. The number of hydrogen-bond donors (Lipinski definition) is 1. The number of methoxy groups -OCH3 is 2. The van der Waals surface area contributed by atoms with Gasteiger partial charge < -0.3 is 28.4 Å². The van der Waals surface area contributed by atoms with Crippen molar-refractivity contribution in [1.82, 2.24) is 5.32 Å². The van der Waals surface area contributed by atoms with Crippen molar-refractivity contribution in [3.05, 3.63) is 24.0 Å². The molecule has 0 amide bonds. The predicted octanol–water partition coefficient (Wildman–Crippen LogP) is 6.06. The summed E-state index contributed by atoms with van der Waals surface area (Å²) in [6, 6.07) is -0.0424. The highest BCUT2D eigenvalue weighted by atomic mass is 16.7. The van der Waals surface area contributed by atoms with E-state index >= 15 is 0 Å². The van der Waals surface area contributed by atoms with Crippen LogP contribution >= 0.6 is 0 Å². The van der Waals surface area contributed by atoms with E-state index in [2.05, 4.69) is 32.2 Å². The SMILES string of the molecule is C/C=C(\C=C/CCCOC1C(C)C(=O)OC(C)C[C@H](NCOC)[C@@H](C)CC(=O)[C@H](C)CC(C)[C@H](OCOCC)C1C)OC. The van der Waals surface area contributed by atoms with Crippen LogP contribution in [0.5, 0.6) is 0 Å². The summed E-state index contributed by atoms with van der Waals surface area (Å²) in [5.41, 5.74) is 0. The second-order valence-electron chi connectivity index (χ2n) is 12.2. The zero-order valence-corrected chi connectivity index (χ0v) is 28.6. The number of unbranched alkanes of at least 4 members (excludes halogenated alkanes) is 1. The number of allylic oxidation sites excluding steroid dienone is 3. The lowest BCUT2D eigenvalue weighted by atomic mass is 9.79. The van der Waals surface area contributed by atoms with Crippen molar-refractivity contribution >= 4 is 11.8 Å². The van der Waals surface area contributed by atoms with Crippen LogP contribution in [0.3, 0.4) is 0 Å². The molecular formula is C34H61NO8. The van der Waals surface area contributed by atoms with Gasteiger partial charge in [0.1, 0.15) is 24.4 Å². The van der Waals surface area contributed by atoms with E-state index in [-0.39, 0.29) is 60.5 Å². The van der Waals surface area contributed by atoms with E-state index in [0.717, 1.165) is 18.6 Å². The second kappa shape index (κ2) is 21.8. The molecule has 9 heteroatoms. The molecule has 1 saturated heterocycles. The molecule has 0 saturated carbocycles. The monoisotopic (exact) mass is 611 g/mol. The Morgan fingerprint density at radius 1 is 1.00 bits per heavy atom. The lowest BCUT2D eigenvalue weighted by Gasteiger charge is -2.37. The van der Waals surface area contributed by atoms with E-state index in [1.807, 2.05) is 46.8 Å². The third-order valence-corrected chi connectivity index (χ3v) is 8.52. The van der Waals surface area contributed by atoms with Crippen LogP contribution in [0.15, 0.2) is 24.0 Å². The molecule has 1 fully saturated rings. The number of nitrogens with one attached hydrogen (secondary N) is 1. The van der Waals surface area contributed by atoms with Crippen LogP contribution in [0.2, 0.25) is 0 Å². The first-order chi connectivity index (χ1) is 20.5. The maximum Gasteiger partial charge on any atom is 0.311 e. The lowest BCUT2D eigenvalue weighted by molar-refractivity contribution is -0.171. The number of ketones is 1. The minimum Gasteiger partial charge on any atom is -0.497 e. The summed E-state index contributed by atoms with van der Waals surface area (Å²) in [6.45, 7) is 17.4. The van der Waals surface area contributed by atoms with Crippen molar-refractivity contribution in [2.75, 3.05) is 41.0 Å². The molecule has 9 atom stereocenters. The molecular weight excluding hydrogens is 550 g/mol. The lowest BCUT2D eigenvalue weighted by Crippen LogP contribution is -2.45. The summed E-state index contributed by atoms with van der Waals surface area (Å²) in [6.07, 6.45) is 8.12. The first kappa shape index (κ1) is 39.2. The number of carbonyl (C=O) groups excluding carboxylic acids is 2. The van der Waals surface area contributed by atoms with Crippen LogP contribution in [-0.2, 0) is 38.0 Å². The average molecular weight is 612 g/mol. The third-order valence-electron chi connectivity index (χ3n) is 8.52. The first-order valence-corrected chi connectivity index (χ1v) is 16.1. The molecule has 0 aromatic rings. The molecule has 0 radical (unpaired) electrons. The quantitative estimate of drug-likeness (QED) is 0.0825. The average Bonchev–Trinajstić information content (AvgIpc) is 2.97. The van der Waals surface area contributed by atoms with Crippen LogP contribution in [-0.4, -0.2) is 77.1 Å². The van der Waals surface area contributed by atoms with Gasteiger partial charge >= 0.3 is 5.97 Å². The smallest absolute Gasteiger partial charge is 0.311 e. The minimum absolute atomic E-state index is 0.0294. The van der Waals surface area contributed by atoms with Gasteiger partial charge in [0.05, 0.1) is 32.0 Å². The Morgan fingerprint density at radius 2 is 1.72 bits per heavy atom. The van der Waals surface area contributed by atoms with E-state index in [0.29, 0.717) is 39.2 Å². The maximum absolute atomic E-state index is 13.6. The van der Waals surface area contributed by atoms with Crippen LogP contribution < -0.4 is 5.32 Å². The van der Waals surface area contributed by atoms with Gasteiger partial charge in [0.2, 0.25) is 0 Å². The molecule has 5 unspecified atom stereocenters. The van der Waals surface area contributed by atoms with Crippen molar-refractivity contribution < 1.29 is 38.0 Å². The van der Waals surface area contributed by atoms with Gasteiger partial charge in [0, 0.05) is 44.6 Å². The van der Waals surface area contributed by atoms with Crippen molar-refractivity contribution in [2.24, 2.45) is 29.6 Å². The zero-order chi connectivity index (χ0) is 32.4. The highest BCUT2D eigenvalue weighted by Crippen LogP contribution is 2.32. The summed E-state index contributed by atoms with van der Waals surface area (Å²) in [7, 11) is 3.28. The van der Waals surface area contributed by atoms with Crippen LogP contribution in [0.25, 0.3) is 0 Å². The molecule has 1 heterocycles. The van der Waals surface area contributed by atoms with Crippen molar-refractivity contribution in [1.29, 1.82) is 0 Å². The maximum atomic E-state index is 13.6. The normalized spacial score (nSPS) is 32.3. The second-order valence-corrected chi connectivity index (χ2v) is 12.2. The minimum atomic E-state index is -0.520. The molecule has 250 valence electrons. The summed E-state index contributed by atoms with van der Waals surface area (Å²) in [5.74, 6) is 0.00502. The number of hydrogen-bond acceptors (Lipinski definition) is 9. The molecule has 1 aliphatic rings. The van der Waals surface area contributed by atoms with E-state index in [4.69, 9.17) is 28.4 Å². The van der Waals surface area contributed by atoms with Gasteiger partial charge in [0.15, 0.2) is 0 Å². The van der Waals surface area contributed by atoms with Gasteiger partial charge in [-0.1, -0.05) is 33.8 Å². The van der Waals surface area contributed by atoms with Gasteiger partial charge in [-0.15, -0.1) is 0 Å². The number of Topliss-reactive ketones (excluding diaryl/α,β-unsaturated/α-hetero) is 1. The van der Waals surface area contributed by atoms with Crippen LogP contribution in [0, 0.1) is 29.6 Å². The fraction of sp³-hybridized carbons (Fsp3) is 0.824. The third kappa shape index (κ3) is 14.2. The Hall–Kier alpha value is -1.78. The number of ether oxygens (including phenoxy) is 6. The number of cyclic esters (lactones) is 1.